The summed E-state index contributed by atoms with van der Waals surface area (Å²) in [7, 11) is 0. The summed E-state index contributed by atoms with van der Waals surface area (Å²) < 4.78 is 0. The first kappa shape index (κ1) is 19.1. The lowest BCUT2D eigenvalue weighted by atomic mass is 10.0. The van der Waals surface area contributed by atoms with Gasteiger partial charge in [0.1, 0.15) is 17.0 Å². The van der Waals surface area contributed by atoms with Gasteiger partial charge in [0.05, 0.1) is 11.4 Å². The first-order valence-electron chi connectivity index (χ1n) is 8.99. The number of halogens is 1. The molecule has 6 heteroatoms. The summed E-state index contributed by atoms with van der Waals surface area (Å²) in [6, 6.07) is 8.28. The molecule has 0 fully saturated rings. The van der Waals surface area contributed by atoms with E-state index in [-0.39, 0.29) is 6.04 Å². The molecule has 0 amide bonds. The lowest BCUT2D eigenvalue weighted by Crippen LogP contribution is -2.33. The molecule has 0 aliphatic carbocycles. The number of aromatic nitrogens is 2. The maximum absolute atomic E-state index is 6.50. The zero-order chi connectivity index (χ0) is 18.7. The third kappa shape index (κ3) is 3.70. The molecule has 1 N–H and O–H groups in total. The van der Waals surface area contributed by atoms with Crippen LogP contribution in [0.15, 0.2) is 30.6 Å². The van der Waals surface area contributed by atoms with Gasteiger partial charge in [-0.3, -0.25) is 4.90 Å². The van der Waals surface area contributed by atoms with Crippen LogP contribution in [0.1, 0.15) is 35.9 Å². The molecule has 2 aromatic heterocycles. The Balaban J connectivity index is 1.93. The van der Waals surface area contributed by atoms with E-state index >= 15 is 0 Å². The van der Waals surface area contributed by atoms with Crippen molar-refractivity contribution in [3.63, 3.8) is 0 Å². The van der Waals surface area contributed by atoms with Gasteiger partial charge in [0.2, 0.25) is 0 Å². The lowest BCUT2D eigenvalue weighted by Gasteiger charge is -2.31. The van der Waals surface area contributed by atoms with Crippen LogP contribution in [-0.4, -0.2) is 34.5 Å². The number of hydrogen-bond acceptors (Lipinski definition) is 5. The van der Waals surface area contributed by atoms with Crippen LogP contribution in [0.3, 0.4) is 0 Å². The molecule has 0 bridgehead atoms. The molecular formula is C20H25ClN4S. The fourth-order valence-electron chi connectivity index (χ4n) is 3.36. The number of rotatable bonds is 7. The van der Waals surface area contributed by atoms with Crippen molar-refractivity contribution in [2.75, 3.05) is 25.0 Å². The molecule has 0 aliphatic heterocycles. The van der Waals surface area contributed by atoms with Crippen LogP contribution in [0, 0.1) is 13.8 Å². The second-order valence-electron chi connectivity index (χ2n) is 6.33. The Morgan fingerprint density at radius 3 is 2.58 bits per heavy atom. The molecule has 4 nitrogen and oxygen atoms in total. The van der Waals surface area contributed by atoms with E-state index in [1.165, 1.54) is 10.4 Å². The number of aryl methyl sites for hydroxylation is 2. The van der Waals surface area contributed by atoms with E-state index in [2.05, 4.69) is 53.9 Å². The highest BCUT2D eigenvalue weighted by Gasteiger charge is 2.21. The Morgan fingerprint density at radius 1 is 1.15 bits per heavy atom. The highest BCUT2D eigenvalue weighted by atomic mass is 35.5. The Kier molecular flexibility index (Phi) is 6.12. The van der Waals surface area contributed by atoms with Gasteiger partial charge in [-0.2, -0.15) is 0 Å². The average Bonchev–Trinajstić information content (AvgIpc) is 2.94. The van der Waals surface area contributed by atoms with Crippen molar-refractivity contribution < 1.29 is 0 Å². The van der Waals surface area contributed by atoms with Gasteiger partial charge in [-0.15, -0.1) is 11.3 Å². The van der Waals surface area contributed by atoms with E-state index in [1.54, 1.807) is 17.7 Å². The molecule has 26 heavy (non-hydrogen) atoms. The minimum Gasteiger partial charge on any atom is -0.367 e. The number of anilines is 1. The zero-order valence-electron chi connectivity index (χ0n) is 15.7. The quantitative estimate of drug-likeness (QED) is 0.583. The van der Waals surface area contributed by atoms with Gasteiger partial charge >= 0.3 is 0 Å². The molecule has 0 aliphatic rings. The van der Waals surface area contributed by atoms with Gasteiger partial charge in [0, 0.05) is 16.4 Å². The summed E-state index contributed by atoms with van der Waals surface area (Å²) in [5, 5.41) is 5.51. The Hall–Kier alpha value is -1.69. The van der Waals surface area contributed by atoms with E-state index in [0.717, 1.165) is 46.3 Å². The van der Waals surface area contributed by atoms with Crippen LogP contribution in [-0.2, 0) is 0 Å². The summed E-state index contributed by atoms with van der Waals surface area (Å²) >= 11 is 8.22. The molecular weight excluding hydrogens is 364 g/mol. The molecule has 0 spiro atoms. The number of likely N-dealkylation sites (N-methyl/N-ethyl adjacent to an activating group) is 1. The molecule has 0 radical (unpaired) electrons. The number of fused-ring (bicyclic) bond motifs is 1. The van der Waals surface area contributed by atoms with E-state index in [0.29, 0.717) is 0 Å². The van der Waals surface area contributed by atoms with Crippen LogP contribution in [0.5, 0.6) is 0 Å². The predicted octanol–water partition coefficient (Wildman–Crippen LogP) is 5.46. The van der Waals surface area contributed by atoms with E-state index in [4.69, 9.17) is 11.6 Å². The third-order valence-corrected chi connectivity index (χ3v) is 6.41. The second-order valence-corrected chi connectivity index (χ2v) is 7.94. The topological polar surface area (TPSA) is 41.0 Å². The highest BCUT2D eigenvalue weighted by molar-refractivity contribution is 7.18. The smallest absolute Gasteiger partial charge is 0.138 e. The number of benzene rings is 1. The standard InChI is InChI=1S/C20H25ClN4S/c1-5-25(6-2)17(15-9-7-8-10-16(15)21)11-22-19-18-13(3)14(4)26-20(18)24-12-23-19/h7-10,12,17H,5-6,11H2,1-4H3,(H,22,23,24)/t17-/m1/s1. The predicted molar refractivity (Wildman–Crippen MR) is 112 cm³/mol. The fourth-order valence-corrected chi connectivity index (χ4v) is 4.61. The van der Waals surface area contributed by atoms with Crippen molar-refractivity contribution >= 4 is 39.0 Å². The summed E-state index contributed by atoms with van der Waals surface area (Å²) in [6.07, 6.45) is 1.64. The molecule has 3 aromatic rings. The van der Waals surface area contributed by atoms with Gasteiger partial charge in [0.15, 0.2) is 0 Å². The van der Waals surface area contributed by atoms with Crippen LogP contribution in [0.4, 0.5) is 5.82 Å². The second kappa shape index (κ2) is 8.33. The number of hydrogen-bond donors (Lipinski definition) is 1. The zero-order valence-corrected chi connectivity index (χ0v) is 17.3. The fraction of sp³-hybridized carbons (Fsp3) is 0.400. The van der Waals surface area contributed by atoms with Crippen molar-refractivity contribution in [3.05, 3.63) is 51.6 Å². The third-order valence-electron chi connectivity index (χ3n) is 4.95. The normalized spacial score (nSPS) is 12.7. The van der Waals surface area contributed by atoms with Gasteiger partial charge in [-0.1, -0.05) is 43.6 Å². The minimum absolute atomic E-state index is 0.184. The Morgan fingerprint density at radius 2 is 1.88 bits per heavy atom. The monoisotopic (exact) mass is 388 g/mol. The Labute approximate surface area is 164 Å². The molecule has 3 rings (SSSR count). The van der Waals surface area contributed by atoms with E-state index in [1.807, 2.05) is 18.2 Å². The molecule has 138 valence electrons. The number of nitrogens with zero attached hydrogens (tertiary/aromatic N) is 3. The van der Waals surface area contributed by atoms with Gasteiger partial charge < -0.3 is 5.32 Å². The highest BCUT2D eigenvalue weighted by Crippen LogP contribution is 2.33. The molecule has 2 heterocycles. The SMILES string of the molecule is CCN(CC)[C@H](CNc1ncnc2sc(C)c(C)c12)c1ccccc1Cl. The van der Waals surface area contributed by atoms with Crippen molar-refractivity contribution in [1.29, 1.82) is 0 Å². The van der Waals surface area contributed by atoms with Gasteiger partial charge in [-0.05, 0) is 44.1 Å². The van der Waals surface area contributed by atoms with Crippen molar-refractivity contribution in [3.8, 4) is 0 Å². The molecule has 1 atom stereocenters. The summed E-state index contributed by atoms with van der Waals surface area (Å²) in [6.45, 7) is 11.3. The molecule has 0 saturated carbocycles. The summed E-state index contributed by atoms with van der Waals surface area (Å²) in [5.74, 6) is 0.904. The van der Waals surface area contributed by atoms with Crippen LogP contribution < -0.4 is 5.32 Å². The maximum Gasteiger partial charge on any atom is 0.138 e. The van der Waals surface area contributed by atoms with Gasteiger partial charge in [-0.25, -0.2) is 9.97 Å². The average molecular weight is 389 g/mol. The van der Waals surface area contributed by atoms with Crippen LogP contribution in [0.25, 0.3) is 10.2 Å². The largest absolute Gasteiger partial charge is 0.367 e. The van der Waals surface area contributed by atoms with Crippen molar-refractivity contribution in [2.45, 2.75) is 33.7 Å². The van der Waals surface area contributed by atoms with Gasteiger partial charge in [0.25, 0.3) is 0 Å². The van der Waals surface area contributed by atoms with Crippen LogP contribution >= 0.6 is 22.9 Å². The lowest BCUT2D eigenvalue weighted by molar-refractivity contribution is 0.228. The minimum atomic E-state index is 0.184. The molecule has 1 aromatic carbocycles. The first-order valence-corrected chi connectivity index (χ1v) is 10.2. The molecule has 0 saturated heterocycles. The van der Waals surface area contributed by atoms with Crippen LogP contribution in [0.2, 0.25) is 5.02 Å². The summed E-state index contributed by atoms with van der Waals surface area (Å²) in [5.41, 5.74) is 2.40. The number of nitrogens with one attached hydrogen (secondary N) is 1. The number of thiophene rings is 1. The molecule has 0 unspecified atom stereocenters. The first-order chi connectivity index (χ1) is 12.6. The van der Waals surface area contributed by atoms with E-state index in [9.17, 15) is 0 Å². The van der Waals surface area contributed by atoms with Crippen molar-refractivity contribution in [1.82, 2.24) is 14.9 Å². The van der Waals surface area contributed by atoms with Crippen molar-refractivity contribution in [2.24, 2.45) is 0 Å². The maximum atomic E-state index is 6.50. The van der Waals surface area contributed by atoms with E-state index < -0.39 is 0 Å². The Bertz CT molecular complexity index is 889. The summed E-state index contributed by atoms with van der Waals surface area (Å²) in [4.78, 5) is 13.7.